The zero-order chi connectivity index (χ0) is 10.4. The van der Waals surface area contributed by atoms with Crippen molar-refractivity contribution >= 4 is 0 Å². The van der Waals surface area contributed by atoms with Gasteiger partial charge in [0.15, 0.2) is 0 Å². The van der Waals surface area contributed by atoms with Gasteiger partial charge in [0.1, 0.15) is 0 Å². The van der Waals surface area contributed by atoms with Crippen LogP contribution in [-0.4, -0.2) is 18.3 Å². The van der Waals surface area contributed by atoms with E-state index in [0.717, 1.165) is 13.0 Å². The van der Waals surface area contributed by atoms with Gasteiger partial charge < -0.3 is 10.4 Å². The predicted molar refractivity (Wildman–Crippen MR) is 59.3 cm³/mol. The van der Waals surface area contributed by atoms with Crippen LogP contribution in [0.3, 0.4) is 0 Å². The maximum atomic E-state index is 8.66. The summed E-state index contributed by atoms with van der Waals surface area (Å²) in [4.78, 5) is 0. The van der Waals surface area contributed by atoms with E-state index in [9.17, 15) is 0 Å². The van der Waals surface area contributed by atoms with Crippen LogP contribution in [0.25, 0.3) is 0 Å². The van der Waals surface area contributed by atoms with E-state index in [1.54, 1.807) is 0 Å². The highest BCUT2D eigenvalue weighted by Crippen LogP contribution is 2.16. The fourth-order valence-electron chi connectivity index (χ4n) is 1.58. The van der Waals surface area contributed by atoms with Gasteiger partial charge in [0.2, 0.25) is 0 Å². The van der Waals surface area contributed by atoms with Crippen molar-refractivity contribution in [3.8, 4) is 0 Å². The molecule has 0 aliphatic rings. The van der Waals surface area contributed by atoms with Gasteiger partial charge in [-0.2, -0.15) is 0 Å². The van der Waals surface area contributed by atoms with Crippen LogP contribution < -0.4 is 5.32 Å². The molecular formula is C12H19NO. The van der Waals surface area contributed by atoms with Gasteiger partial charge in [0, 0.05) is 12.6 Å². The molecule has 1 atom stereocenters. The van der Waals surface area contributed by atoms with Gasteiger partial charge >= 0.3 is 0 Å². The van der Waals surface area contributed by atoms with Crippen molar-refractivity contribution in [3.05, 3.63) is 35.4 Å². The summed E-state index contributed by atoms with van der Waals surface area (Å²) in [6.07, 6.45) is 0.816. The molecule has 0 fully saturated rings. The molecule has 0 amide bonds. The van der Waals surface area contributed by atoms with Crippen LogP contribution in [0.5, 0.6) is 0 Å². The number of aliphatic hydroxyl groups excluding tert-OH is 1. The molecule has 1 rings (SSSR count). The predicted octanol–water partition coefficient (Wildman–Crippen LogP) is 2.03. The second kappa shape index (κ2) is 5.78. The van der Waals surface area contributed by atoms with E-state index in [-0.39, 0.29) is 6.61 Å². The van der Waals surface area contributed by atoms with Crippen LogP contribution >= 0.6 is 0 Å². The Morgan fingerprint density at radius 3 is 2.71 bits per heavy atom. The number of hydrogen-bond acceptors (Lipinski definition) is 2. The monoisotopic (exact) mass is 193 g/mol. The lowest BCUT2D eigenvalue weighted by Crippen LogP contribution is -2.21. The minimum atomic E-state index is 0.257. The molecule has 0 radical (unpaired) electrons. The van der Waals surface area contributed by atoms with E-state index in [0.29, 0.717) is 6.04 Å². The van der Waals surface area contributed by atoms with Crippen LogP contribution in [0.4, 0.5) is 0 Å². The molecule has 0 aliphatic heterocycles. The molecule has 0 bridgehead atoms. The van der Waals surface area contributed by atoms with Crippen LogP contribution in [0, 0.1) is 6.92 Å². The number of nitrogens with one attached hydrogen (secondary N) is 1. The number of hydrogen-bond donors (Lipinski definition) is 2. The molecule has 0 aromatic heterocycles. The van der Waals surface area contributed by atoms with Gasteiger partial charge in [-0.1, -0.05) is 24.3 Å². The highest BCUT2D eigenvalue weighted by molar-refractivity contribution is 5.28. The summed E-state index contributed by atoms with van der Waals surface area (Å²) in [5.41, 5.74) is 2.65. The molecule has 0 saturated carbocycles. The lowest BCUT2D eigenvalue weighted by Gasteiger charge is -2.15. The van der Waals surface area contributed by atoms with Crippen LogP contribution in [0.2, 0.25) is 0 Å². The molecular weight excluding hydrogens is 174 g/mol. The Kier molecular flexibility index (Phi) is 4.63. The molecule has 14 heavy (non-hydrogen) atoms. The molecule has 0 aliphatic carbocycles. The van der Waals surface area contributed by atoms with Crippen molar-refractivity contribution in [1.29, 1.82) is 0 Å². The Balaban J connectivity index is 2.51. The number of aliphatic hydroxyl groups is 1. The van der Waals surface area contributed by atoms with Crippen LogP contribution in [-0.2, 0) is 0 Å². The average Bonchev–Trinajstić information content (AvgIpc) is 2.18. The quantitative estimate of drug-likeness (QED) is 0.701. The number of aryl methyl sites for hydroxylation is 1. The normalized spacial score (nSPS) is 12.8. The third-order valence-electron chi connectivity index (χ3n) is 2.44. The SMILES string of the molecule is Cc1ccccc1[C@H](C)NCCCO. The van der Waals surface area contributed by atoms with E-state index in [1.165, 1.54) is 11.1 Å². The first kappa shape index (κ1) is 11.2. The summed E-state index contributed by atoms with van der Waals surface area (Å²) >= 11 is 0. The third kappa shape index (κ3) is 3.13. The molecule has 1 aromatic carbocycles. The van der Waals surface area contributed by atoms with Crippen molar-refractivity contribution < 1.29 is 5.11 Å². The number of rotatable bonds is 5. The van der Waals surface area contributed by atoms with Crippen LogP contribution in [0.15, 0.2) is 24.3 Å². The molecule has 0 heterocycles. The lowest BCUT2D eigenvalue weighted by atomic mass is 10.0. The lowest BCUT2D eigenvalue weighted by molar-refractivity contribution is 0.284. The van der Waals surface area contributed by atoms with E-state index in [1.807, 2.05) is 0 Å². The molecule has 78 valence electrons. The van der Waals surface area contributed by atoms with Crippen molar-refractivity contribution in [3.63, 3.8) is 0 Å². The average molecular weight is 193 g/mol. The smallest absolute Gasteiger partial charge is 0.0443 e. The fourth-order valence-corrected chi connectivity index (χ4v) is 1.58. The van der Waals surface area contributed by atoms with Crippen molar-refractivity contribution in [2.75, 3.05) is 13.2 Å². The van der Waals surface area contributed by atoms with Gasteiger partial charge in [0.05, 0.1) is 0 Å². The standard InChI is InChI=1S/C12H19NO/c1-10-6-3-4-7-12(10)11(2)13-8-5-9-14/h3-4,6-7,11,13-14H,5,8-9H2,1-2H3/t11-/m0/s1. The molecule has 2 nitrogen and oxygen atoms in total. The topological polar surface area (TPSA) is 32.3 Å². The first-order valence-electron chi connectivity index (χ1n) is 5.15. The van der Waals surface area contributed by atoms with E-state index < -0.39 is 0 Å². The molecule has 0 spiro atoms. The zero-order valence-corrected chi connectivity index (χ0v) is 8.96. The maximum Gasteiger partial charge on any atom is 0.0443 e. The highest BCUT2D eigenvalue weighted by Gasteiger charge is 2.05. The van der Waals surface area contributed by atoms with E-state index >= 15 is 0 Å². The summed E-state index contributed by atoms with van der Waals surface area (Å²) in [6, 6.07) is 8.75. The number of benzene rings is 1. The minimum absolute atomic E-state index is 0.257. The van der Waals surface area contributed by atoms with Gasteiger partial charge in [-0.15, -0.1) is 0 Å². The van der Waals surface area contributed by atoms with Crippen LogP contribution in [0.1, 0.15) is 30.5 Å². The van der Waals surface area contributed by atoms with Crippen molar-refractivity contribution in [2.24, 2.45) is 0 Å². The Hall–Kier alpha value is -0.860. The second-order valence-corrected chi connectivity index (χ2v) is 3.61. The summed E-state index contributed by atoms with van der Waals surface area (Å²) in [7, 11) is 0. The molecule has 2 N–H and O–H groups in total. The molecule has 0 unspecified atom stereocenters. The Bertz CT molecular complexity index is 273. The summed E-state index contributed by atoms with van der Waals surface area (Å²) in [5, 5.41) is 12.0. The first-order chi connectivity index (χ1) is 6.75. The Morgan fingerprint density at radius 1 is 1.36 bits per heavy atom. The maximum absolute atomic E-state index is 8.66. The summed E-state index contributed by atoms with van der Waals surface area (Å²) in [6.45, 7) is 5.40. The zero-order valence-electron chi connectivity index (χ0n) is 8.96. The highest BCUT2D eigenvalue weighted by atomic mass is 16.3. The Labute approximate surface area is 86.0 Å². The fraction of sp³-hybridized carbons (Fsp3) is 0.500. The van der Waals surface area contributed by atoms with Gasteiger partial charge in [-0.25, -0.2) is 0 Å². The summed E-state index contributed by atoms with van der Waals surface area (Å²) in [5.74, 6) is 0. The van der Waals surface area contributed by atoms with Gasteiger partial charge in [0.25, 0.3) is 0 Å². The van der Waals surface area contributed by atoms with E-state index in [2.05, 4.69) is 43.4 Å². The van der Waals surface area contributed by atoms with E-state index in [4.69, 9.17) is 5.11 Å². The minimum Gasteiger partial charge on any atom is -0.396 e. The largest absolute Gasteiger partial charge is 0.396 e. The second-order valence-electron chi connectivity index (χ2n) is 3.61. The first-order valence-corrected chi connectivity index (χ1v) is 5.15. The molecule has 1 aromatic rings. The van der Waals surface area contributed by atoms with Gasteiger partial charge in [-0.05, 0) is 37.9 Å². The van der Waals surface area contributed by atoms with Crippen molar-refractivity contribution in [1.82, 2.24) is 5.32 Å². The van der Waals surface area contributed by atoms with Gasteiger partial charge in [-0.3, -0.25) is 0 Å². The molecule has 0 saturated heterocycles. The summed E-state index contributed by atoms with van der Waals surface area (Å²) < 4.78 is 0. The Morgan fingerprint density at radius 2 is 2.07 bits per heavy atom. The third-order valence-corrected chi connectivity index (χ3v) is 2.44. The van der Waals surface area contributed by atoms with Crippen molar-refractivity contribution in [2.45, 2.75) is 26.3 Å². The molecule has 2 heteroatoms.